The topological polar surface area (TPSA) is 75.4 Å². The Morgan fingerprint density at radius 1 is 1.32 bits per heavy atom. The van der Waals surface area contributed by atoms with Crippen LogP contribution in [0.4, 0.5) is 5.69 Å². The third kappa shape index (κ3) is 3.85. The van der Waals surface area contributed by atoms with Crippen LogP contribution in [0.25, 0.3) is 0 Å². The van der Waals surface area contributed by atoms with Gasteiger partial charge in [-0.25, -0.2) is 0 Å². The predicted molar refractivity (Wildman–Crippen MR) is 87.8 cm³/mol. The molecule has 1 fully saturated rings. The smallest absolute Gasteiger partial charge is 0.253 e. The summed E-state index contributed by atoms with van der Waals surface area (Å²) in [4.78, 5) is 25.6. The number of hydrogen-bond acceptors (Lipinski definition) is 3. The van der Waals surface area contributed by atoms with E-state index in [4.69, 9.17) is 5.73 Å². The lowest BCUT2D eigenvalue weighted by Crippen LogP contribution is -2.28. The van der Waals surface area contributed by atoms with E-state index < -0.39 is 0 Å². The Balaban J connectivity index is 2.00. The van der Waals surface area contributed by atoms with Crippen LogP contribution < -0.4 is 11.1 Å². The summed E-state index contributed by atoms with van der Waals surface area (Å²) in [5.41, 5.74) is 8.24. The van der Waals surface area contributed by atoms with Gasteiger partial charge in [0.25, 0.3) is 5.91 Å². The summed E-state index contributed by atoms with van der Waals surface area (Å²) in [5, 5.41) is 2.91. The Labute approximate surface area is 131 Å². The molecule has 0 aliphatic heterocycles. The van der Waals surface area contributed by atoms with Crippen molar-refractivity contribution in [2.24, 2.45) is 11.7 Å². The fourth-order valence-corrected chi connectivity index (χ4v) is 2.99. The number of carbonyl (C=O) groups is 2. The molecule has 0 aromatic heterocycles. The van der Waals surface area contributed by atoms with Gasteiger partial charge in [0.2, 0.25) is 5.91 Å². The SMILES string of the molecule is Cc1cc(NC(=O)C[C@@H]2CCC[C@H]2N)ccc1C(=O)N(C)C. The molecule has 2 amide bonds. The first-order valence-electron chi connectivity index (χ1n) is 7.76. The van der Waals surface area contributed by atoms with Gasteiger partial charge >= 0.3 is 0 Å². The number of hydrogen-bond donors (Lipinski definition) is 2. The van der Waals surface area contributed by atoms with Gasteiger partial charge in [-0.1, -0.05) is 6.42 Å². The summed E-state index contributed by atoms with van der Waals surface area (Å²) in [6.07, 6.45) is 3.63. The standard InChI is InChI=1S/C17H25N3O2/c1-11-9-13(7-8-14(11)17(22)20(2)3)19-16(21)10-12-5-4-6-15(12)18/h7-9,12,15H,4-6,10,18H2,1-3H3,(H,19,21)/t12-,15+/m0/s1. The van der Waals surface area contributed by atoms with E-state index in [0.717, 1.165) is 30.5 Å². The normalized spacial score (nSPS) is 20.7. The molecule has 0 unspecified atom stereocenters. The lowest BCUT2D eigenvalue weighted by molar-refractivity contribution is -0.117. The van der Waals surface area contributed by atoms with Gasteiger partial charge in [0, 0.05) is 37.8 Å². The highest BCUT2D eigenvalue weighted by Crippen LogP contribution is 2.27. The molecule has 2 rings (SSSR count). The maximum Gasteiger partial charge on any atom is 0.253 e. The Kier molecular flexibility index (Phi) is 5.19. The maximum absolute atomic E-state index is 12.1. The van der Waals surface area contributed by atoms with Crippen LogP contribution in [0.3, 0.4) is 0 Å². The average molecular weight is 303 g/mol. The molecule has 1 aliphatic rings. The van der Waals surface area contributed by atoms with Crippen molar-refractivity contribution in [2.75, 3.05) is 19.4 Å². The zero-order chi connectivity index (χ0) is 16.3. The van der Waals surface area contributed by atoms with E-state index in [1.165, 1.54) is 0 Å². The minimum atomic E-state index is -0.0349. The predicted octanol–water partition coefficient (Wildman–Crippen LogP) is 2.15. The van der Waals surface area contributed by atoms with Crippen LogP contribution in [0, 0.1) is 12.8 Å². The van der Waals surface area contributed by atoms with E-state index in [1.807, 2.05) is 13.0 Å². The van der Waals surface area contributed by atoms with Gasteiger partial charge < -0.3 is 16.0 Å². The lowest BCUT2D eigenvalue weighted by atomic mass is 9.99. The highest BCUT2D eigenvalue weighted by Gasteiger charge is 2.26. The number of nitrogens with zero attached hydrogens (tertiary/aromatic N) is 1. The van der Waals surface area contributed by atoms with Gasteiger partial charge in [0.15, 0.2) is 0 Å². The van der Waals surface area contributed by atoms with Crippen LogP contribution in [0.1, 0.15) is 41.6 Å². The molecule has 5 nitrogen and oxygen atoms in total. The molecule has 5 heteroatoms. The van der Waals surface area contributed by atoms with E-state index in [0.29, 0.717) is 12.0 Å². The molecule has 0 saturated heterocycles. The summed E-state index contributed by atoms with van der Waals surface area (Å²) in [6, 6.07) is 5.51. The Bertz CT molecular complexity index is 569. The largest absolute Gasteiger partial charge is 0.345 e. The zero-order valence-electron chi connectivity index (χ0n) is 13.6. The van der Waals surface area contributed by atoms with Crippen LogP contribution in [0.15, 0.2) is 18.2 Å². The highest BCUT2D eigenvalue weighted by molar-refractivity contribution is 5.97. The van der Waals surface area contributed by atoms with E-state index in [-0.39, 0.29) is 23.8 Å². The Morgan fingerprint density at radius 2 is 2.05 bits per heavy atom. The van der Waals surface area contributed by atoms with Crippen LogP contribution in [0.5, 0.6) is 0 Å². The van der Waals surface area contributed by atoms with Gasteiger partial charge in [-0.05, 0) is 49.4 Å². The van der Waals surface area contributed by atoms with Gasteiger partial charge in [0.05, 0.1) is 0 Å². The first-order valence-corrected chi connectivity index (χ1v) is 7.76. The van der Waals surface area contributed by atoms with Crippen molar-refractivity contribution >= 4 is 17.5 Å². The second-order valence-electron chi connectivity index (χ2n) is 6.34. The Morgan fingerprint density at radius 3 is 2.59 bits per heavy atom. The van der Waals surface area contributed by atoms with Crippen molar-refractivity contribution in [2.45, 2.75) is 38.6 Å². The summed E-state index contributed by atoms with van der Waals surface area (Å²) in [5.74, 6) is 0.247. The molecule has 120 valence electrons. The van der Waals surface area contributed by atoms with Crippen molar-refractivity contribution in [1.29, 1.82) is 0 Å². The fourth-order valence-electron chi connectivity index (χ4n) is 2.99. The number of rotatable bonds is 4. The first kappa shape index (κ1) is 16.5. The molecule has 22 heavy (non-hydrogen) atoms. The summed E-state index contributed by atoms with van der Waals surface area (Å²) >= 11 is 0. The maximum atomic E-state index is 12.1. The molecule has 1 aliphatic carbocycles. The number of anilines is 1. The van der Waals surface area contributed by atoms with Crippen LogP contribution in [-0.4, -0.2) is 36.9 Å². The molecule has 0 bridgehead atoms. The van der Waals surface area contributed by atoms with Gasteiger partial charge in [-0.3, -0.25) is 9.59 Å². The van der Waals surface area contributed by atoms with Crippen LogP contribution in [0.2, 0.25) is 0 Å². The van der Waals surface area contributed by atoms with E-state index in [2.05, 4.69) is 5.32 Å². The minimum absolute atomic E-state index is 0.00608. The number of nitrogens with two attached hydrogens (primary N) is 1. The molecule has 1 aromatic carbocycles. The number of aryl methyl sites for hydroxylation is 1. The number of nitrogens with one attached hydrogen (secondary N) is 1. The molecule has 0 spiro atoms. The Hall–Kier alpha value is -1.88. The summed E-state index contributed by atoms with van der Waals surface area (Å²) in [6.45, 7) is 1.87. The van der Waals surface area contributed by atoms with E-state index >= 15 is 0 Å². The fraction of sp³-hybridized carbons (Fsp3) is 0.529. The first-order chi connectivity index (χ1) is 10.4. The number of benzene rings is 1. The monoisotopic (exact) mass is 303 g/mol. The average Bonchev–Trinajstić information content (AvgIpc) is 2.83. The number of carbonyl (C=O) groups excluding carboxylic acids is 2. The van der Waals surface area contributed by atoms with E-state index in [1.54, 1.807) is 31.1 Å². The van der Waals surface area contributed by atoms with Crippen molar-refractivity contribution in [3.05, 3.63) is 29.3 Å². The minimum Gasteiger partial charge on any atom is -0.345 e. The van der Waals surface area contributed by atoms with Crippen molar-refractivity contribution in [3.8, 4) is 0 Å². The quantitative estimate of drug-likeness (QED) is 0.895. The molecule has 2 atom stereocenters. The van der Waals surface area contributed by atoms with Crippen molar-refractivity contribution < 1.29 is 9.59 Å². The van der Waals surface area contributed by atoms with Crippen molar-refractivity contribution in [3.63, 3.8) is 0 Å². The molecule has 0 radical (unpaired) electrons. The van der Waals surface area contributed by atoms with Crippen molar-refractivity contribution in [1.82, 2.24) is 4.90 Å². The second kappa shape index (κ2) is 6.92. The van der Waals surface area contributed by atoms with Gasteiger partial charge in [0.1, 0.15) is 0 Å². The molecule has 3 N–H and O–H groups in total. The second-order valence-corrected chi connectivity index (χ2v) is 6.34. The molecule has 1 saturated carbocycles. The zero-order valence-corrected chi connectivity index (χ0v) is 13.6. The molecular weight excluding hydrogens is 278 g/mol. The highest BCUT2D eigenvalue weighted by atomic mass is 16.2. The summed E-state index contributed by atoms with van der Waals surface area (Å²) < 4.78 is 0. The molecular formula is C17H25N3O2. The number of amides is 2. The van der Waals surface area contributed by atoms with Gasteiger partial charge in [-0.2, -0.15) is 0 Å². The third-order valence-electron chi connectivity index (χ3n) is 4.31. The van der Waals surface area contributed by atoms with Crippen LogP contribution >= 0.6 is 0 Å². The third-order valence-corrected chi connectivity index (χ3v) is 4.31. The summed E-state index contributed by atoms with van der Waals surface area (Å²) in [7, 11) is 3.45. The van der Waals surface area contributed by atoms with E-state index in [9.17, 15) is 9.59 Å². The molecule has 1 aromatic rings. The molecule has 0 heterocycles. The lowest BCUT2D eigenvalue weighted by Gasteiger charge is -2.16. The van der Waals surface area contributed by atoms with Crippen LogP contribution in [-0.2, 0) is 4.79 Å². The van der Waals surface area contributed by atoms with Gasteiger partial charge in [-0.15, -0.1) is 0 Å².